The Balaban J connectivity index is 1.71. The van der Waals surface area contributed by atoms with Crippen LogP contribution in [0.3, 0.4) is 0 Å². The van der Waals surface area contributed by atoms with E-state index in [1.54, 1.807) is 18.3 Å². The summed E-state index contributed by atoms with van der Waals surface area (Å²) in [5, 5.41) is 0. The second kappa shape index (κ2) is 7.24. The van der Waals surface area contributed by atoms with Crippen LogP contribution in [0.1, 0.15) is 48.4 Å². The molecule has 2 unspecified atom stereocenters. The van der Waals surface area contributed by atoms with Gasteiger partial charge in [-0.05, 0) is 75.9 Å². The molecule has 0 radical (unpaired) electrons. The number of hydrogen-bond acceptors (Lipinski definition) is 4. The molecule has 27 heavy (non-hydrogen) atoms. The summed E-state index contributed by atoms with van der Waals surface area (Å²) in [5.41, 5.74) is 2.90. The van der Waals surface area contributed by atoms with Crippen molar-refractivity contribution >= 4 is 16.3 Å². The number of rotatable bonds is 5. The number of aromatic nitrogens is 1. The fraction of sp³-hybridized carbons (Fsp3) is 0.476. The van der Waals surface area contributed by atoms with Gasteiger partial charge in [0.15, 0.2) is 0 Å². The van der Waals surface area contributed by atoms with Crippen molar-refractivity contribution in [2.24, 2.45) is 0 Å². The molecule has 4 rings (SSSR count). The van der Waals surface area contributed by atoms with Crippen LogP contribution in [-0.4, -0.2) is 42.7 Å². The summed E-state index contributed by atoms with van der Waals surface area (Å²) in [4.78, 5) is 14.5. The minimum absolute atomic E-state index is 0.0822. The normalized spacial score (nSPS) is 21.7. The average Bonchev–Trinajstić information content (AvgIpc) is 3.33. The second-order valence-corrected chi connectivity index (χ2v) is 9.52. The van der Waals surface area contributed by atoms with Crippen LogP contribution in [0.4, 0.5) is 0 Å². The zero-order valence-corrected chi connectivity index (χ0v) is 16.5. The first-order chi connectivity index (χ1) is 13.0. The standard InChI is InChI=1S/C21H26N2O3S/c1-16-7-9-17(10-8-16)27(25,26)23-14-11-19-18(5-4-6-20(19)23)21(15-24)22-12-2-3-13-22/h7-11,14-15,18,21H,2-6,12-13H2,1H3. The van der Waals surface area contributed by atoms with E-state index in [9.17, 15) is 13.2 Å². The maximum atomic E-state index is 13.2. The smallest absolute Gasteiger partial charge is 0.267 e. The molecule has 1 saturated heterocycles. The molecule has 1 aliphatic heterocycles. The summed E-state index contributed by atoms with van der Waals surface area (Å²) in [6.45, 7) is 3.85. The van der Waals surface area contributed by atoms with Crippen molar-refractivity contribution in [2.75, 3.05) is 13.1 Å². The second-order valence-electron chi connectivity index (χ2n) is 7.70. The lowest BCUT2D eigenvalue weighted by atomic mass is 9.82. The van der Waals surface area contributed by atoms with Crippen molar-refractivity contribution < 1.29 is 13.2 Å². The number of aldehydes is 1. The number of carbonyl (C=O) groups is 1. The van der Waals surface area contributed by atoms with Crippen molar-refractivity contribution in [3.05, 3.63) is 53.3 Å². The van der Waals surface area contributed by atoms with Crippen LogP contribution in [0.15, 0.2) is 41.4 Å². The Hall–Kier alpha value is -1.92. The Labute approximate surface area is 161 Å². The monoisotopic (exact) mass is 386 g/mol. The summed E-state index contributed by atoms with van der Waals surface area (Å²) in [6.07, 6.45) is 7.57. The van der Waals surface area contributed by atoms with Crippen molar-refractivity contribution in [1.82, 2.24) is 8.87 Å². The van der Waals surface area contributed by atoms with Gasteiger partial charge in [-0.2, -0.15) is 0 Å². The van der Waals surface area contributed by atoms with Crippen LogP contribution >= 0.6 is 0 Å². The minimum Gasteiger partial charge on any atom is -0.302 e. The molecule has 0 spiro atoms. The lowest BCUT2D eigenvalue weighted by Gasteiger charge is -2.33. The van der Waals surface area contributed by atoms with E-state index in [2.05, 4.69) is 4.90 Å². The first-order valence-electron chi connectivity index (χ1n) is 9.74. The average molecular weight is 387 g/mol. The summed E-state index contributed by atoms with van der Waals surface area (Å²) in [6, 6.07) is 8.73. The molecular formula is C21H26N2O3S. The molecule has 0 saturated carbocycles. The Bertz CT molecular complexity index is 925. The molecule has 2 atom stereocenters. The zero-order valence-electron chi connectivity index (χ0n) is 15.7. The van der Waals surface area contributed by atoms with E-state index in [0.717, 1.165) is 68.3 Å². The number of benzene rings is 1. The summed E-state index contributed by atoms with van der Waals surface area (Å²) < 4.78 is 27.8. The summed E-state index contributed by atoms with van der Waals surface area (Å²) >= 11 is 0. The first-order valence-corrected chi connectivity index (χ1v) is 11.2. The number of nitrogens with zero attached hydrogens (tertiary/aromatic N) is 2. The van der Waals surface area contributed by atoms with E-state index < -0.39 is 10.0 Å². The largest absolute Gasteiger partial charge is 0.302 e. The molecule has 0 N–H and O–H groups in total. The molecule has 1 aliphatic carbocycles. The molecule has 2 heterocycles. The number of fused-ring (bicyclic) bond motifs is 1. The van der Waals surface area contributed by atoms with Crippen LogP contribution in [0.5, 0.6) is 0 Å². The first kappa shape index (κ1) is 18.4. The highest BCUT2D eigenvalue weighted by Gasteiger charge is 2.35. The molecule has 5 nitrogen and oxygen atoms in total. The highest BCUT2D eigenvalue weighted by molar-refractivity contribution is 7.90. The van der Waals surface area contributed by atoms with Crippen molar-refractivity contribution in [3.8, 4) is 0 Å². The van der Waals surface area contributed by atoms with Crippen LogP contribution in [-0.2, 0) is 21.2 Å². The zero-order chi connectivity index (χ0) is 19.0. The minimum atomic E-state index is -3.61. The van der Waals surface area contributed by atoms with Crippen molar-refractivity contribution in [1.29, 1.82) is 0 Å². The van der Waals surface area contributed by atoms with E-state index in [-0.39, 0.29) is 12.0 Å². The van der Waals surface area contributed by atoms with E-state index in [0.29, 0.717) is 4.90 Å². The molecule has 2 aromatic rings. The number of aryl methyl sites for hydroxylation is 1. The van der Waals surface area contributed by atoms with Gasteiger partial charge in [0.05, 0.1) is 10.9 Å². The van der Waals surface area contributed by atoms with Gasteiger partial charge in [0.1, 0.15) is 6.29 Å². The molecule has 1 aromatic heterocycles. The Morgan fingerprint density at radius 2 is 1.78 bits per heavy atom. The van der Waals surface area contributed by atoms with Gasteiger partial charge in [-0.25, -0.2) is 12.4 Å². The van der Waals surface area contributed by atoms with Gasteiger partial charge in [0.25, 0.3) is 10.0 Å². The van der Waals surface area contributed by atoms with Gasteiger partial charge in [0.2, 0.25) is 0 Å². The predicted octanol–water partition coefficient (Wildman–Crippen LogP) is 3.12. The highest BCUT2D eigenvalue weighted by Crippen LogP contribution is 2.38. The molecule has 2 aliphatic rings. The Morgan fingerprint density at radius 1 is 1.07 bits per heavy atom. The molecule has 6 heteroatoms. The topological polar surface area (TPSA) is 59.4 Å². The van der Waals surface area contributed by atoms with Crippen LogP contribution < -0.4 is 0 Å². The predicted molar refractivity (Wildman–Crippen MR) is 105 cm³/mol. The van der Waals surface area contributed by atoms with Gasteiger partial charge in [-0.15, -0.1) is 0 Å². The van der Waals surface area contributed by atoms with Crippen molar-refractivity contribution in [2.45, 2.75) is 55.9 Å². The molecule has 144 valence electrons. The van der Waals surface area contributed by atoms with E-state index in [1.807, 2.05) is 25.1 Å². The van der Waals surface area contributed by atoms with Crippen LogP contribution in [0, 0.1) is 6.92 Å². The molecule has 0 bridgehead atoms. The van der Waals surface area contributed by atoms with E-state index in [1.165, 1.54) is 3.97 Å². The van der Waals surface area contributed by atoms with E-state index >= 15 is 0 Å². The van der Waals surface area contributed by atoms with Crippen molar-refractivity contribution in [3.63, 3.8) is 0 Å². The number of carbonyl (C=O) groups excluding carboxylic acids is 1. The van der Waals surface area contributed by atoms with Crippen LogP contribution in [0.2, 0.25) is 0 Å². The van der Waals surface area contributed by atoms with Gasteiger partial charge in [-0.3, -0.25) is 4.90 Å². The quantitative estimate of drug-likeness (QED) is 0.741. The lowest BCUT2D eigenvalue weighted by Crippen LogP contribution is -2.40. The molecule has 1 aromatic carbocycles. The fourth-order valence-electron chi connectivity index (χ4n) is 4.58. The number of likely N-dealkylation sites (tertiary alicyclic amines) is 1. The third-order valence-corrected chi connectivity index (χ3v) is 7.74. The Morgan fingerprint density at radius 3 is 2.44 bits per heavy atom. The van der Waals surface area contributed by atoms with Gasteiger partial charge in [-0.1, -0.05) is 17.7 Å². The third-order valence-electron chi connectivity index (χ3n) is 6.01. The Kier molecular flexibility index (Phi) is 4.95. The lowest BCUT2D eigenvalue weighted by molar-refractivity contribution is -0.113. The molecule has 1 fully saturated rings. The van der Waals surface area contributed by atoms with Gasteiger partial charge >= 0.3 is 0 Å². The molecular weight excluding hydrogens is 360 g/mol. The summed E-state index contributed by atoms with van der Waals surface area (Å²) in [7, 11) is -3.61. The number of hydrogen-bond donors (Lipinski definition) is 0. The van der Waals surface area contributed by atoms with Crippen LogP contribution in [0.25, 0.3) is 0 Å². The SMILES string of the molecule is Cc1ccc(S(=O)(=O)n2ccc3c2CCCC3C(C=O)N2CCCC2)cc1. The highest BCUT2D eigenvalue weighted by atomic mass is 32.2. The van der Waals surface area contributed by atoms with E-state index in [4.69, 9.17) is 0 Å². The third kappa shape index (κ3) is 3.25. The fourth-order valence-corrected chi connectivity index (χ4v) is 5.99. The summed E-state index contributed by atoms with van der Waals surface area (Å²) in [5.74, 6) is 0.0822. The maximum absolute atomic E-state index is 13.2. The van der Waals surface area contributed by atoms with Gasteiger partial charge < -0.3 is 4.79 Å². The maximum Gasteiger partial charge on any atom is 0.267 e. The molecule has 0 amide bonds. The van der Waals surface area contributed by atoms with Gasteiger partial charge in [0, 0.05) is 17.8 Å².